The highest BCUT2D eigenvalue weighted by atomic mass is 79.9. The number of aromatic hydroxyl groups is 1. The van der Waals surface area contributed by atoms with E-state index in [1.165, 1.54) is 11.3 Å². The Morgan fingerprint density at radius 2 is 2.10 bits per heavy atom. The van der Waals surface area contributed by atoms with E-state index < -0.39 is 0 Å². The van der Waals surface area contributed by atoms with Crippen molar-refractivity contribution in [3.05, 3.63) is 43.5 Å². The van der Waals surface area contributed by atoms with E-state index in [-0.39, 0.29) is 11.3 Å². The van der Waals surface area contributed by atoms with Gasteiger partial charge in [0.15, 0.2) is 0 Å². The molecule has 0 unspecified atom stereocenters. The lowest BCUT2D eigenvalue weighted by atomic mass is 10.2. The van der Waals surface area contributed by atoms with Crippen LogP contribution < -0.4 is 5.56 Å². The molecule has 2 aromatic heterocycles. The molecule has 0 radical (unpaired) electrons. The fourth-order valence-electron chi connectivity index (χ4n) is 2.05. The van der Waals surface area contributed by atoms with Crippen LogP contribution in [0.15, 0.2) is 27.5 Å². The minimum Gasteiger partial charge on any atom is -0.507 e. The molecule has 2 N–H and O–H groups in total. The lowest BCUT2D eigenvalue weighted by Crippen LogP contribution is -2.09. The van der Waals surface area contributed by atoms with E-state index in [0.29, 0.717) is 15.7 Å². The molecule has 102 valence electrons. The highest BCUT2D eigenvalue weighted by Gasteiger charge is 2.13. The number of hydrogen-bond donors (Lipinski definition) is 2. The number of fused-ring (bicyclic) bond motifs is 1. The van der Waals surface area contributed by atoms with Gasteiger partial charge in [-0.2, -0.15) is 0 Å². The van der Waals surface area contributed by atoms with Gasteiger partial charge in [0.2, 0.25) is 0 Å². The van der Waals surface area contributed by atoms with E-state index in [1.54, 1.807) is 18.2 Å². The molecule has 0 fully saturated rings. The normalized spacial score (nSPS) is 11.2. The summed E-state index contributed by atoms with van der Waals surface area (Å²) >= 11 is 4.78. The zero-order chi connectivity index (χ0) is 14.4. The quantitative estimate of drug-likeness (QED) is 0.702. The third-order valence-electron chi connectivity index (χ3n) is 3.26. The summed E-state index contributed by atoms with van der Waals surface area (Å²) < 4.78 is 0.566. The molecule has 0 bridgehead atoms. The number of aromatic amines is 1. The monoisotopic (exact) mass is 350 g/mol. The second-order valence-corrected chi connectivity index (χ2v) is 6.60. The van der Waals surface area contributed by atoms with E-state index in [1.807, 2.05) is 13.8 Å². The van der Waals surface area contributed by atoms with Crippen molar-refractivity contribution in [3.8, 4) is 17.1 Å². The third kappa shape index (κ3) is 2.05. The van der Waals surface area contributed by atoms with E-state index in [2.05, 4.69) is 25.9 Å². The van der Waals surface area contributed by atoms with Gasteiger partial charge in [-0.15, -0.1) is 11.3 Å². The molecule has 0 saturated heterocycles. The van der Waals surface area contributed by atoms with Crippen molar-refractivity contribution in [1.82, 2.24) is 9.97 Å². The van der Waals surface area contributed by atoms with Crippen LogP contribution in [0.5, 0.6) is 5.75 Å². The first-order valence-electron chi connectivity index (χ1n) is 5.96. The van der Waals surface area contributed by atoms with E-state index in [0.717, 1.165) is 20.8 Å². The smallest absolute Gasteiger partial charge is 0.260 e. The average molecular weight is 351 g/mol. The summed E-state index contributed by atoms with van der Waals surface area (Å²) in [7, 11) is 0. The number of nitrogens with one attached hydrogen (secondary N) is 1. The fraction of sp³-hybridized carbons (Fsp3) is 0.143. The number of phenolic OH excluding ortho intramolecular Hbond substituents is 1. The maximum absolute atomic E-state index is 12.2. The number of aryl methyl sites for hydroxylation is 2. The van der Waals surface area contributed by atoms with Crippen molar-refractivity contribution in [2.75, 3.05) is 0 Å². The first-order chi connectivity index (χ1) is 9.47. The summed E-state index contributed by atoms with van der Waals surface area (Å²) in [6.45, 7) is 3.92. The number of rotatable bonds is 1. The zero-order valence-electron chi connectivity index (χ0n) is 10.8. The summed E-state index contributed by atoms with van der Waals surface area (Å²) in [5.74, 6) is 0.657. The number of phenols is 1. The van der Waals surface area contributed by atoms with Gasteiger partial charge < -0.3 is 10.1 Å². The molecule has 4 nitrogen and oxygen atoms in total. The number of halogens is 1. The van der Waals surface area contributed by atoms with E-state index in [4.69, 9.17) is 0 Å². The molecular formula is C14H11BrN2O2S. The largest absolute Gasteiger partial charge is 0.507 e. The maximum Gasteiger partial charge on any atom is 0.260 e. The molecule has 20 heavy (non-hydrogen) atoms. The molecular weight excluding hydrogens is 340 g/mol. The molecule has 0 aliphatic rings. The van der Waals surface area contributed by atoms with Crippen LogP contribution in [0.4, 0.5) is 0 Å². The molecule has 0 aliphatic carbocycles. The van der Waals surface area contributed by atoms with Crippen molar-refractivity contribution in [3.63, 3.8) is 0 Å². The minimum atomic E-state index is -0.129. The van der Waals surface area contributed by atoms with Crippen molar-refractivity contribution in [1.29, 1.82) is 0 Å². The predicted octanol–water partition coefficient (Wildman–Crippen LogP) is 3.74. The Morgan fingerprint density at radius 1 is 1.35 bits per heavy atom. The van der Waals surface area contributed by atoms with Crippen LogP contribution in [-0.2, 0) is 0 Å². The lowest BCUT2D eigenvalue weighted by Gasteiger charge is -2.03. The molecule has 6 heteroatoms. The molecule has 0 aliphatic heterocycles. The van der Waals surface area contributed by atoms with Crippen molar-refractivity contribution in [2.24, 2.45) is 0 Å². The second kappa shape index (κ2) is 4.71. The van der Waals surface area contributed by atoms with Crippen molar-refractivity contribution < 1.29 is 5.11 Å². The molecule has 0 amide bonds. The van der Waals surface area contributed by atoms with Crippen LogP contribution in [0.1, 0.15) is 10.4 Å². The van der Waals surface area contributed by atoms with E-state index in [9.17, 15) is 9.90 Å². The maximum atomic E-state index is 12.2. The minimum absolute atomic E-state index is 0.129. The lowest BCUT2D eigenvalue weighted by molar-refractivity contribution is 0.472. The number of thiophene rings is 1. The molecule has 0 atom stereocenters. The number of benzene rings is 1. The number of H-pyrrole nitrogens is 1. The molecule has 0 saturated carbocycles. The molecule has 3 aromatic rings. The topological polar surface area (TPSA) is 66.0 Å². The molecule has 0 spiro atoms. The van der Waals surface area contributed by atoms with Gasteiger partial charge in [0, 0.05) is 10.4 Å². The first-order valence-corrected chi connectivity index (χ1v) is 7.57. The van der Waals surface area contributed by atoms with Crippen molar-refractivity contribution >= 4 is 37.5 Å². The summed E-state index contributed by atoms with van der Waals surface area (Å²) in [5, 5.41) is 10.2. The van der Waals surface area contributed by atoms with Crippen LogP contribution in [-0.4, -0.2) is 15.1 Å². The second-order valence-electron chi connectivity index (χ2n) is 4.54. The zero-order valence-corrected chi connectivity index (χ0v) is 13.2. The average Bonchev–Trinajstić information content (AvgIpc) is 2.68. The van der Waals surface area contributed by atoms with Gasteiger partial charge in [-0.1, -0.05) is 0 Å². The molecule has 2 heterocycles. The van der Waals surface area contributed by atoms with Gasteiger partial charge in [-0.05, 0) is 53.5 Å². The summed E-state index contributed by atoms with van der Waals surface area (Å²) in [6.07, 6.45) is 0. The highest BCUT2D eigenvalue weighted by Crippen LogP contribution is 2.30. The predicted molar refractivity (Wildman–Crippen MR) is 84.5 cm³/mol. The van der Waals surface area contributed by atoms with Crippen molar-refractivity contribution in [2.45, 2.75) is 13.8 Å². The standard InChI is InChI=1S/C14H11BrN2O2S/c1-6-7(2)20-14-11(6)13(19)16-12(17-14)8-3-4-10(18)9(15)5-8/h3-5,18H,1-2H3,(H,16,17,19). The van der Waals surface area contributed by atoms with Gasteiger partial charge in [0.1, 0.15) is 16.4 Å². The Kier molecular flexibility index (Phi) is 3.14. The van der Waals surface area contributed by atoms with Crippen LogP contribution in [0.3, 0.4) is 0 Å². The Balaban J connectivity index is 2.27. The highest BCUT2D eigenvalue weighted by molar-refractivity contribution is 9.10. The number of nitrogens with zero attached hydrogens (tertiary/aromatic N) is 1. The fourth-order valence-corrected chi connectivity index (χ4v) is 3.45. The number of aromatic nitrogens is 2. The summed E-state index contributed by atoms with van der Waals surface area (Å²) in [6, 6.07) is 5.01. The van der Waals surface area contributed by atoms with Crippen LogP contribution in [0.25, 0.3) is 21.6 Å². The Morgan fingerprint density at radius 3 is 2.80 bits per heavy atom. The van der Waals surface area contributed by atoms with E-state index >= 15 is 0 Å². The Labute approximate surface area is 127 Å². The SMILES string of the molecule is Cc1sc2nc(-c3ccc(O)c(Br)c3)[nH]c(=O)c2c1C. The van der Waals surface area contributed by atoms with Crippen LogP contribution in [0.2, 0.25) is 0 Å². The molecule has 1 aromatic carbocycles. The van der Waals surface area contributed by atoms with Gasteiger partial charge in [-0.3, -0.25) is 4.79 Å². The van der Waals surface area contributed by atoms with Crippen LogP contribution in [0, 0.1) is 13.8 Å². The molecule has 3 rings (SSSR count). The van der Waals surface area contributed by atoms with Gasteiger partial charge in [-0.25, -0.2) is 4.98 Å². The van der Waals surface area contributed by atoms with Gasteiger partial charge in [0.05, 0.1) is 9.86 Å². The first kappa shape index (κ1) is 13.3. The third-order valence-corrected chi connectivity index (χ3v) is 5.00. The van der Waals surface area contributed by atoms with Gasteiger partial charge >= 0.3 is 0 Å². The Bertz CT molecular complexity index is 883. The van der Waals surface area contributed by atoms with Gasteiger partial charge in [0.25, 0.3) is 5.56 Å². The Hall–Kier alpha value is -1.66. The summed E-state index contributed by atoms with van der Waals surface area (Å²) in [4.78, 5) is 21.4. The summed E-state index contributed by atoms with van der Waals surface area (Å²) in [5.41, 5.74) is 1.60. The number of hydrogen-bond acceptors (Lipinski definition) is 4. The van der Waals surface area contributed by atoms with Crippen LogP contribution >= 0.6 is 27.3 Å².